The van der Waals surface area contributed by atoms with Gasteiger partial charge in [0.1, 0.15) is 12.3 Å². The summed E-state index contributed by atoms with van der Waals surface area (Å²) in [5.74, 6) is 2.42. The zero-order valence-corrected chi connectivity index (χ0v) is 20.8. The topological polar surface area (TPSA) is 94.5 Å². The SMILES string of the molecule is O=C1CN2Cc3ccc(OCCCCCC(=O)N(CCO)CCCCC4CCCC4)cc3N=C2N1. The summed E-state index contributed by atoms with van der Waals surface area (Å²) in [4.78, 5) is 32.5. The first-order chi connectivity index (χ1) is 17.1. The zero-order chi connectivity index (χ0) is 24.5. The predicted molar refractivity (Wildman–Crippen MR) is 136 cm³/mol. The van der Waals surface area contributed by atoms with Crippen LogP contribution in [0, 0.1) is 5.92 Å². The van der Waals surface area contributed by atoms with Crippen LogP contribution in [-0.2, 0) is 16.1 Å². The summed E-state index contributed by atoms with van der Waals surface area (Å²) in [6.07, 6.45) is 12.2. The van der Waals surface area contributed by atoms with Crippen LogP contribution in [0.2, 0.25) is 0 Å². The van der Waals surface area contributed by atoms with E-state index in [1.807, 2.05) is 28.0 Å². The fraction of sp³-hybridized carbons (Fsp3) is 0.667. The average Bonchev–Trinajstić information content (AvgIpc) is 3.49. The number of carbonyl (C=O) groups is 2. The van der Waals surface area contributed by atoms with Gasteiger partial charge >= 0.3 is 0 Å². The lowest BCUT2D eigenvalue weighted by atomic mass is 10.0. The summed E-state index contributed by atoms with van der Waals surface area (Å²) in [6.45, 7) is 2.85. The second-order valence-corrected chi connectivity index (χ2v) is 10.0. The zero-order valence-electron chi connectivity index (χ0n) is 20.8. The fourth-order valence-corrected chi connectivity index (χ4v) is 5.33. The van der Waals surface area contributed by atoms with E-state index in [0.717, 1.165) is 55.1 Å². The highest BCUT2D eigenvalue weighted by Crippen LogP contribution is 2.31. The minimum Gasteiger partial charge on any atom is -0.494 e. The van der Waals surface area contributed by atoms with E-state index in [1.165, 1.54) is 38.5 Å². The molecule has 2 fully saturated rings. The first-order valence-corrected chi connectivity index (χ1v) is 13.4. The van der Waals surface area contributed by atoms with Crippen LogP contribution in [0.4, 0.5) is 5.69 Å². The van der Waals surface area contributed by atoms with Crippen molar-refractivity contribution in [3.05, 3.63) is 23.8 Å². The second-order valence-electron chi connectivity index (χ2n) is 10.0. The molecular formula is C27H40N4O4. The minimum absolute atomic E-state index is 0.0229. The Hall–Kier alpha value is -2.61. The van der Waals surface area contributed by atoms with E-state index in [2.05, 4.69) is 10.3 Å². The first kappa shape index (κ1) is 25.5. The van der Waals surface area contributed by atoms with Gasteiger partial charge in [-0.25, -0.2) is 4.99 Å². The summed E-state index contributed by atoms with van der Waals surface area (Å²) in [5, 5.41) is 12.1. The van der Waals surface area contributed by atoms with Crippen molar-refractivity contribution in [2.45, 2.75) is 77.2 Å². The van der Waals surface area contributed by atoms with E-state index in [0.29, 0.717) is 38.6 Å². The molecule has 8 nitrogen and oxygen atoms in total. The first-order valence-electron chi connectivity index (χ1n) is 13.4. The number of aliphatic imine (C=N–C) groups is 1. The van der Waals surface area contributed by atoms with Gasteiger partial charge in [0.05, 0.1) is 18.9 Å². The Labute approximate surface area is 208 Å². The number of rotatable bonds is 14. The van der Waals surface area contributed by atoms with Crippen molar-refractivity contribution >= 4 is 23.5 Å². The Morgan fingerprint density at radius 3 is 2.80 bits per heavy atom. The molecule has 2 heterocycles. The third-order valence-electron chi connectivity index (χ3n) is 7.32. The van der Waals surface area contributed by atoms with Gasteiger partial charge in [0, 0.05) is 32.1 Å². The van der Waals surface area contributed by atoms with Gasteiger partial charge < -0.3 is 19.6 Å². The number of amides is 2. The van der Waals surface area contributed by atoms with Gasteiger partial charge in [0.15, 0.2) is 0 Å². The van der Waals surface area contributed by atoms with Gasteiger partial charge in [0.2, 0.25) is 17.8 Å². The Morgan fingerprint density at radius 1 is 1.11 bits per heavy atom. The molecule has 8 heteroatoms. The van der Waals surface area contributed by atoms with Crippen LogP contribution in [-0.4, -0.2) is 65.5 Å². The molecule has 1 aromatic carbocycles. The van der Waals surface area contributed by atoms with E-state index < -0.39 is 0 Å². The molecule has 0 atom stereocenters. The lowest BCUT2D eigenvalue weighted by Crippen LogP contribution is -2.34. The number of aliphatic hydroxyl groups is 1. The molecule has 1 saturated heterocycles. The van der Waals surface area contributed by atoms with Crippen molar-refractivity contribution in [1.82, 2.24) is 15.1 Å². The standard InChI is InChI=1S/C27H40N4O4/c32-16-15-30(14-6-5-10-21-8-3-4-9-21)26(34)11-2-1-7-17-35-23-13-12-22-19-31-20-25(33)29-27(31)28-24(22)18-23/h12-13,18,21,32H,1-11,14-17,19-20H2,(H,28,29,33). The molecule has 2 aliphatic heterocycles. The monoisotopic (exact) mass is 484 g/mol. The molecule has 0 spiro atoms. The predicted octanol–water partition coefficient (Wildman–Crippen LogP) is 3.74. The van der Waals surface area contributed by atoms with Gasteiger partial charge in [-0.15, -0.1) is 0 Å². The number of aliphatic hydroxyl groups excluding tert-OH is 1. The Kier molecular flexibility index (Phi) is 9.40. The number of nitrogens with one attached hydrogen (secondary N) is 1. The maximum Gasteiger partial charge on any atom is 0.246 e. The number of fused-ring (bicyclic) bond motifs is 2. The lowest BCUT2D eigenvalue weighted by Gasteiger charge is -2.23. The summed E-state index contributed by atoms with van der Waals surface area (Å²) in [5.41, 5.74) is 1.93. The number of hydrogen-bond acceptors (Lipinski definition) is 6. The van der Waals surface area contributed by atoms with Gasteiger partial charge in [-0.05, 0) is 43.2 Å². The number of hydrogen-bond donors (Lipinski definition) is 2. The molecule has 0 radical (unpaired) electrons. The van der Waals surface area contributed by atoms with Crippen LogP contribution in [0.25, 0.3) is 0 Å². The van der Waals surface area contributed by atoms with Crippen molar-refractivity contribution < 1.29 is 19.4 Å². The number of ether oxygens (including phenoxy) is 1. The molecule has 0 aromatic heterocycles. The number of guanidine groups is 1. The summed E-state index contributed by atoms with van der Waals surface area (Å²) in [6, 6.07) is 5.89. The Balaban J connectivity index is 1.10. The highest BCUT2D eigenvalue weighted by atomic mass is 16.5. The number of carbonyl (C=O) groups excluding carboxylic acids is 2. The van der Waals surface area contributed by atoms with Gasteiger partial charge in [0.25, 0.3) is 0 Å². The van der Waals surface area contributed by atoms with Crippen molar-refractivity contribution in [2.24, 2.45) is 10.9 Å². The van der Waals surface area contributed by atoms with Crippen LogP contribution in [0.5, 0.6) is 5.75 Å². The maximum atomic E-state index is 12.6. The third kappa shape index (κ3) is 7.43. The number of nitrogens with zero attached hydrogens (tertiary/aromatic N) is 3. The van der Waals surface area contributed by atoms with Gasteiger partial charge in [-0.3, -0.25) is 14.9 Å². The van der Waals surface area contributed by atoms with Crippen LogP contribution in [0.15, 0.2) is 23.2 Å². The van der Waals surface area contributed by atoms with E-state index in [-0.39, 0.29) is 18.4 Å². The minimum atomic E-state index is -0.0229. The van der Waals surface area contributed by atoms with Crippen molar-refractivity contribution in [2.75, 3.05) is 32.8 Å². The smallest absolute Gasteiger partial charge is 0.246 e. The van der Waals surface area contributed by atoms with E-state index >= 15 is 0 Å². The number of benzene rings is 1. The molecule has 1 aromatic rings. The molecule has 192 valence electrons. The molecule has 0 unspecified atom stereocenters. The normalized spacial score (nSPS) is 17.1. The van der Waals surface area contributed by atoms with Crippen molar-refractivity contribution in [3.8, 4) is 5.75 Å². The average molecular weight is 485 g/mol. The summed E-state index contributed by atoms with van der Waals surface area (Å²) in [7, 11) is 0. The quantitative estimate of drug-likeness (QED) is 0.392. The fourth-order valence-electron chi connectivity index (χ4n) is 5.33. The Bertz CT molecular complexity index is 897. The summed E-state index contributed by atoms with van der Waals surface area (Å²) >= 11 is 0. The molecule has 2 amide bonds. The molecule has 2 N–H and O–H groups in total. The molecule has 4 rings (SSSR count). The van der Waals surface area contributed by atoms with E-state index in [1.54, 1.807) is 0 Å². The van der Waals surface area contributed by atoms with Crippen molar-refractivity contribution in [1.29, 1.82) is 0 Å². The maximum absolute atomic E-state index is 12.6. The van der Waals surface area contributed by atoms with Crippen LogP contribution in [0.3, 0.4) is 0 Å². The molecule has 1 saturated carbocycles. The molecule has 1 aliphatic carbocycles. The highest BCUT2D eigenvalue weighted by molar-refractivity contribution is 6.05. The molecule has 3 aliphatic rings. The molecule has 35 heavy (non-hydrogen) atoms. The second kappa shape index (κ2) is 12.9. The Morgan fingerprint density at radius 2 is 1.97 bits per heavy atom. The van der Waals surface area contributed by atoms with E-state index in [4.69, 9.17) is 4.74 Å². The highest BCUT2D eigenvalue weighted by Gasteiger charge is 2.29. The van der Waals surface area contributed by atoms with Crippen LogP contribution >= 0.6 is 0 Å². The van der Waals surface area contributed by atoms with Crippen LogP contribution < -0.4 is 10.1 Å². The van der Waals surface area contributed by atoms with Gasteiger partial charge in [-0.1, -0.05) is 44.6 Å². The molecular weight excluding hydrogens is 444 g/mol. The van der Waals surface area contributed by atoms with Gasteiger partial charge in [-0.2, -0.15) is 0 Å². The lowest BCUT2D eigenvalue weighted by molar-refractivity contribution is -0.132. The van der Waals surface area contributed by atoms with Crippen molar-refractivity contribution in [3.63, 3.8) is 0 Å². The third-order valence-corrected chi connectivity index (χ3v) is 7.32. The largest absolute Gasteiger partial charge is 0.494 e. The summed E-state index contributed by atoms with van der Waals surface area (Å²) < 4.78 is 5.91. The van der Waals surface area contributed by atoms with Crippen LogP contribution in [0.1, 0.15) is 76.2 Å². The molecule has 0 bridgehead atoms. The van der Waals surface area contributed by atoms with E-state index in [9.17, 15) is 14.7 Å². The number of unbranched alkanes of at least 4 members (excludes halogenated alkanes) is 3.